The molecule has 21 heavy (non-hydrogen) atoms. The molecule has 0 N–H and O–H groups in total. The summed E-state index contributed by atoms with van der Waals surface area (Å²) >= 11 is 0. The van der Waals surface area contributed by atoms with E-state index in [1.807, 2.05) is 49.4 Å². The van der Waals surface area contributed by atoms with E-state index in [9.17, 15) is 15.8 Å². The molecular formula is C18H9N3. The average Bonchev–Trinajstić information content (AvgIpc) is 2.53. The molecule has 0 atom stereocenters. The van der Waals surface area contributed by atoms with E-state index >= 15 is 0 Å². The molecule has 0 fully saturated rings. The molecule has 0 saturated carbocycles. The summed E-state index contributed by atoms with van der Waals surface area (Å²) in [4.78, 5) is 0. The van der Waals surface area contributed by atoms with E-state index in [-0.39, 0.29) is 16.7 Å². The first-order chi connectivity index (χ1) is 10.2. The number of hydrogen-bond acceptors (Lipinski definition) is 3. The molecule has 0 unspecified atom stereocenters. The number of aryl methyl sites for hydroxylation is 1. The van der Waals surface area contributed by atoms with Crippen molar-refractivity contribution < 1.29 is 0 Å². The van der Waals surface area contributed by atoms with E-state index in [1.165, 1.54) is 0 Å². The summed E-state index contributed by atoms with van der Waals surface area (Å²) in [6.45, 7) is 1.82. The number of nitrogens with zero attached hydrogens (tertiary/aromatic N) is 3. The maximum atomic E-state index is 9.42. The van der Waals surface area contributed by atoms with Crippen molar-refractivity contribution in [2.45, 2.75) is 6.92 Å². The summed E-state index contributed by atoms with van der Waals surface area (Å²) in [7, 11) is 0. The standard InChI is InChI=1S/C18H9N3/c1-11-14-6-12-4-2-3-5-13(12)7-15(14)17(9-20)18(10-21)16(11)8-19/h2-7H,1H3. The molecule has 0 radical (unpaired) electrons. The van der Waals surface area contributed by atoms with Gasteiger partial charge in [-0.15, -0.1) is 0 Å². The van der Waals surface area contributed by atoms with Crippen LogP contribution in [0.3, 0.4) is 0 Å². The Hall–Kier alpha value is -3.35. The zero-order valence-electron chi connectivity index (χ0n) is 11.3. The number of hydrogen-bond donors (Lipinski definition) is 0. The minimum absolute atomic E-state index is 0.167. The normalized spacial score (nSPS) is 10.0. The Morgan fingerprint density at radius 2 is 1.24 bits per heavy atom. The second kappa shape index (κ2) is 4.64. The van der Waals surface area contributed by atoms with Gasteiger partial charge in [-0.1, -0.05) is 24.3 Å². The van der Waals surface area contributed by atoms with Crippen molar-refractivity contribution in [1.82, 2.24) is 0 Å². The van der Waals surface area contributed by atoms with Crippen molar-refractivity contribution in [3.8, 4) is 18.2 Å². The molecule has 0 heterocycles. The zero-order valence-corrected chi connectivity index (χ0v) is 11.3. The van der Waals surface area contributed by atoms with Gasteiger partial charge >= 0.3 is 0 Å². The smallest absolute Gasteiger partial charge is 0.102 e. The van der Waals surface area contributed by atoms with Crippen LogP contribution in [0.5, 0.6) is 0 Å². The third kappa shape index (κ3) is 1.71. The molecule has 0 aliphatic rings. The van der Waals surface area contributed by atoms with E-state index in [0.717, 1.165) is 27.1 Å². The molecule has 3 aromatic carbocycles. The van der Waals surface area contributed by atoms with Gasteiger partial charge in [-0.05, 0) is 40.8 Å². The summed E-state index contributed by atoms with van der Waals surface area (Å²) in [6.07, 6.45) is 0. The van der Waals surface area contributed by atoms with E-state index in [0.29, 0.717) is 0 Å². The highest BCUT2D eigenvalue weighted by atomic mass is 14.3. The fourth-order valence-corrected chi connectivity index (χ4v) is 2.71. The first-order valence-corrected chi connectivity index (χ1v) is 6.40. The molecule has 3 nitrogen and oxygen atoms in total. The van der Waals surface area contributed by atoms with Crippen molar-refractivity contribution >= 4 is 21.5 Å². The number of nitriles is 3. The topological polar surface area (TPSA) is 71.4 Å². The van der Waals surface area contributed by atoms with Gasteiger partial charge in [0.25, 0.3) is 0 Å². The average molecular weight is 267 g/mol. The first-order valence-electron chi connectivity index (χ1n) is 6.40. The molecule has 3 rings (SSSR count). The third-order valence-corrected chi connectivity index (χ3v) is 3.77. The van der Waals surface area contributed by atoms with Crippen molar-refractivity contribution in [3.05, 3.63) is 58.7 Å². The Morgan fingerprint density at radius 3 is 1.76 bits per heavy atom. The van der Waals surface area contributed by atoms with Crippen molar-refractivity contribution in [1.29, 1.82) is 15.8 Å². The van der Waals surface area contributed by atoms with Crippen LogP contribution in [0, 0.1) is 40.9 Å². The number of benzene rings is 3. The van der Waals surface area contributed by atoms with Gasteiger partial charge in [0, 0.05) is 5.39 Å². The van der Waals surface area contributed by atoms with Crippen LogP contribution in [-0.2, 0) is 0 Å². The summed E-state index contributed by atoms with van der Waals surface area (Å²) in [5.74, 6) is 0. The van der Waals surface area contributed by atoms with Gasteiger partial charge < -0.3 is 0 Å². The Balaban J connectivity index is 2.65. The van der Waals surface area contributed by atoms with Gasteiger partial charge in [0.15, 0.2) is 0 Å². The highest BCUT2D eigenvalue weighted by Gasteiger charge is 2.17. The minimum atomic E-state index is 0.167. The maximum absolute atomic E-state index is 9.42. The Morgan fingerprint density at radius 1 is 0.714 bits per heavy atom. The molecule has 0 aliphatic heterocycles. The highest BCUT2D eigenvalue weighted by molar-refractivity contribution is 6.03. The lowest BCUT2D eigenvalue weighted by molar-refractivity contribution is 1.37. The zero-order chi connectivity index (χ0) is 15.0. The van der Waals surface area contributed by atoms with E-state index in [4.69, 9.17) is 0 Å². The Bertz CT molecular complexity index is 1020. The van der Waals surface area contributed by atoms with Crippen molar-refractivity contribution in [2.24, 2.45) is 0 Å². The van der Waals surface area contributed by atoms with Gasteiger partial charge in [-0.2, -0.15) is 15.8 Å². The fraction of sp³-hybridized carbons (Fsp3) is 0.0556. The van der Waals surface area contributed by atoms with Crippen LogP contribution in [0.2, 0.25) is 0 Å². The van der Waals surface area contributed by atoms with Gasteiger partial charge in [-0.3, -0.25) is 0 Å². The molecule has 0 saturated heterocycles. The van der Waals surface area contributed by atoms with Gasteiger partial charge in [0.05, 0.1) is 16.7 Å². The van der Waals surface area contributed by atoms with Crippen LogP contribution < -0.4 is 0 Å². The van der Waals surface area contributed by atoms with Crippen LogP contribution >= 0.6 is 0 Å². The SMILES string of the molecule is Cc1c(C#N)c(C#N)c(C#N)c2cc3ccccc3cc12. The molecule has 0 aliphatic carbocycles. The molecule has 0 bridgehead atoms. The monoisotopic (exact) mass is 267 g/mol. The summed E-state index contributed by atoms with van der Waals surface area (Å²) < 4.78 is 0. The summed E-state index contributed by atoms with van der Waals surface area (Å²) in [5, 5.41) is 31.7. The summed E-state index contributed by atoms with van der Waals surface area (Å²) in [6, 6.07) is 17.9. The van der Waals surface area contributed by atoms with Crippen LogP contribution in [0.1, 0.15) is 22.3 Å². The Kier molecular flexibility index (Phi) is 2.80. The predicted octanol–water partition coefficient (Wildman–Crippen LogP) is 3.92. The Labute approximate surface area is 121 Å². The quantitative estimate of drug-likeness (QED) is 0.579. The van der Waals surface area contributed by atoms with E-state index in [2.05, 4.69) is 12.1 Å². The lowest BCUT2D eigenvalue weighted by atomic mass is 9.89. The predicted molar refractivity (Wildman–Crippen MR) is 80.3 cm³/mol. The van der Waals surface area contributed by atoms with Crippen LogP contribution in [-0.4, -0.2) is 0 Å². The van der Waals surface area contributed by atoms with Crippen LogP contribution in [0.25, 0.3) is 21.5 Å². The lowest BCUT2D eigenvalue weighted by Crippen LogP contribution is -1.97. The van der Waals surface area contributed by atoms with Gasteiger partial charge in [0.2, 0.25) is 0 Å². The fourth-order valence-electron chi connectivity index (χ4n) is 2.71. The molecule has 3 heteroatoms. The highest BCUT2D eigenvalue weighted by Crippen LogP contribution is 2.32. The molecule has 0 aromatic heterocycles. The van der Waals surface area contributed by atoms with E-state index in [1.54, 1.807) is 0 Å². The lowest BCUT2D eigenvalue weighted by Gasteiger charge is -2.10. The van der Waals surface area contributed by atoms with Gasteiger partial charge in [-0.25, -0.2) is 0 Å². The molecule has 0 spiro atoms. The van der Waals surface area contributed by atoms with Crippen LogP contribution in [0.15, 0.2) is 36.4 Å². The summed E-state index contributed by atoms with van der Waals surface area (Å²) in [5.41, 5.74) is 1.48. The third-order valence-electron chi connectivity index (χ3n) is 3.77. The second-order valence-electron chi connectivity index (χ2n) is 4.83. The minimum Gasteiger partial charge on any atom is -0.192 e. The molecule has 3 aromatic rings. The molecule has 96 valence electrons. The number of rotatable bonds is 0. The van der Waals surface area contributed by atoms with Crippen molar-refractivity contribution in [2.75, 3.05) is 0 Å². The van der Waals surface area contributed by atoms with Gasteiger partial charge in [0.1, 0.15) is 18.2 Å². The first kappa shape index (κ1) is 12.7. The number of fused-ring (bicyclic) bond motifs is 2. The van der Waals surface area contributed by atoms with E-state index < -0.39 is 0 Å². The second-order valence-corrected chi connectivity index (χ2v) is 4.83. The van der Waals surface area contributed by atoms with Crippen molar-refractivity contribution in [3.63, 3.8) is 0 Å². The molecule has 0 amide bonds. The largest absolute Gasteiger partial charge is 0.192 e. The maximum Gasteiger partial charge on any atom is 0.102 e. The van der Waals surface area contributed by atoms with Crippen LogP contribution in [0.4, 0.5) is 0 Å². The molecular weight excluding hydrogens is 258 g/mol.